The van der Waals surface area contributed by atoms with Gasteiger partial charge in [-0.05, 0) is 49.6 Å². The summed E-state index contributed by atoms with van der Waals surface area (Å²) in [6.45, 7) is 3.21. The number of aryl methyl sites for hydroxylation is 1. The van der Waals surface area contributed by atoms with Crippen LogP contribution in [-0.2, 0) is 6.42 Å². The number of para-hydroxylation sites is 1. The summed E-state index contributed by atoms with van der Waals surface area (Å²) in [6, 6.07) is 14.9. The van der Waals surface area contributed by atoms with Crippen LogP contribution in [0.5, 0.6) is 0 Å². The Labute approximate surface area is 198 Å². The molecule has 0 fully saturated rings. The van der Waals surface area contributed by atoms with Crippen molar-refractivity contribution in [2.45, 2.75) is 39.0 Å². The third kappa shape index (κ3) is 5.04. The van der Waals surface area contributed by atoms with Gasteiger partial charge in [0.2, 0.25) is 0 Å². The molecule has 0 radical (unpaired) electrons. The number of nitrogens with zero attached hydrogens (tertiary/aromatic N) is 3. The molecular weight excluding hydrogens is 430 g/mol. The molecule has 2 heterocycles. The van der Waals surface area contributed by atoms with Gasteiger partial charge < -0.3 is 21.3 Å². The monoisotopic (exact) mass is 461 g/mol. The van der Waals surface area contributed by atoms with E-state index in [1.165, 1.54) is 0 Å². The zero-order valence-electron chi connectivity index (χ0n) is 19.4. The number of carbonyl (C=O) groups excluding carboxylic acids is 1. The Balaban J connectivity index is 1.40. The van der Waals surface area contributed by atoms with E-state index in [0.717, 1.165) is 60.0 Å². The maximum absolute atomic E-state index is 12.3. The zero-order chi connectivity index (χ0) is 23.9. The Morgan fingerprint density at radius 2 is 1.85 bits per heavy atom. The van der Waals surface area contributed by atoms with Crippen LogP contribution in [-0.4, -0.2) is 33.8 Å². The molecule has 0 spiro atoms. The van der Waals surface area contributed by atoms with Crippen molar-refractivity contribution in [1.29, 1.82) is 0 Å². The standard InChI is InChI=1S/C25H31N7O2/c1-2-3-10-21-30-22-23(19-8-4-5-9-20(19)29-24(22)26)32(21)34-16-7-6-15-28-25(33)17-11-13-18(31-27)14-12-17/h4-5,8-9,11-14,31H,2-3,6-7,10,15-16,27H2,1H3,(H2,26,29)(H,28,33). The Hall–Kier alpha value is -3.85. The number of hydrogen-bond donors (Lipinski definition) is 4. The lowest BCUT2D eigenvalue weighted by Crippen LogP contribution is -2.25. The Morgan fingerprint density at radius 1 is 1.06 bits per heavy atom. The summed E-state index contributed by atoms with van der Waals surface area (Å²) >= 11 is 0. The molecule has 0 aliphatic carbocycles. The third-order valence-corrected chi connectivity index (χ3v) is 5.69. The predicted octanol–water partition coefficient (Wildman–Crippen LogP) is 3.43. The van der Waals surface area contributed by atoms with Crippen LogP contribution in [0.3, 0.4) is 0 Å². The lowest BCUT2D eigenvalue weighted by atomic mass is 10.2. The molecule has 34 heavy (non-hydrogen) atoms. The van der Waals surface area contributed by atoms with Crippen LogP contribution in [0.4, 0.5) is 11.5 Å². The summed E-state index contributed by atoms with van der Waals surface area (Å²) in [5.74, 6) is 6.51. The number of nitrogen functional groups attached to an aromatic ring is 2. The number of unbranched alkanes of at least 4 members (excludes halogenated alkanes) is 2. The van der Waals surface area contributed by atoms with Gasteiger partial charge in [0.05, 0.1) is 5.52 Å². The fraction of sp³-hybridized carbons (Fsp3) is 0.320. The number of hydrazine groups is 1. The van der Waals surface area contributed by atoms with Crippen molar-refractivity contribution in [2.75, 3.05) is 24.3 Å². The number of amides is 1. The van der Waals surface area contributed by atoms with Crippen molar-refractivity contribution in [1.82, 2.24) is 20.0 Å². The fourth-order valence-corrected chi connectivity index (χ4v) is 3.86. The highest BCUT2D eigenvalue weighted by atomic mass is 16.7. The molecule has 0 saturated heterocycles. The first-order valence-electron chi connectivity index (χ1n) is 11.7. The number of nitrogens with one attached hydrogen (secondary N) is 2. The average molecular weight is 462 g/mol. The lowest BCUT2D eigenvalue weighted by molar-refractivity contribution is 0.0943. The number of rotatable bonds is 11. The van der Waals surface area contributed by atoms with Crippen LogP contribution < -0.4 is 27.2 Å². The first-order chi connectivity index (χ1) is 16.6. The highest BCUT2D eigenvalue weighted by Gasteiger charge is 2.18. The fourth-order valence-electron chi connectivity index (χ4n) is 3.86. The molecule has 2 aromatic heterocycles. The molecule has 0 unspecified atom stereocenters. The van der Waals surface area contributed by atoms with E-state index in [9.17, 15) is 4.79 Å². The average Bonchev–Trinajstić information content (AvgIpc) is 3.24. The van der Waals surface area contributed by atoms with Gasteiger partial charge in [-0.2, -0.15) is 4.73 Å². The minimum atomic E-state index is -0.110. The number of imidazole rings is 1. The highest BCUT2D eigenvalue weighted by Crippen LogP contribution is 2.28. The van der Waals surface area contributed by atoms with E-state index in [0.29, 0.717) is 30.0 Å². The molecule has 9 nitrogen and oxygen atoms in total. The summed E-state index contributed by atoms with van der Waals surface area (Å²) in [6.07, 6.45) is 4.43. The molecule has 9 heteroatoms. The summed E-state index contributed by atoms with van der Waals surface area (Å²) in [4.78, 5) is 27.8. The SMILES string of the molecule is CCCCc1nc2c(N)nc3ccccc3c2n1OCCCCNC(=O)c1ccc(NN)cc1. The van der Waals surface area contributed by atoms with Crippen molar-refractivity contribution in [3.8, 4) is 0 Å². The van der Waals surface area contributed by atoms with Crippen molar-refractivity contribution in [3.05, 3.63) is 59.9 Å². The number of pyridine rings is 1. The maximum atomic E-state index is 12.3. The van der Waals surface area contributed by atoms with Gasteiger partial charge in [0.25, 0.3) is 5.91 Å². The van der Waals surface area contributed by atoms with E-state index in [1.54, 1.807) is 24.3 Å². The first kappa shape index (κ1) is 23.3. The molecule has 0 atom stereocenters. The van der Waals surface area contributed by atoms with E-state index < -0.39 is 0 Å². The number of hydrogen-bond acceptors (Lipinski definition) is 7. The van der Waals surface area contributed by atoms with Crippen molar-refractivity contribution in [3.63, 3.8) is 0 Å². The van der Waals surface area contributed by atoms with Gasteiger partial charge >= 0.3 is 0 Å². The number of nitrogens with two attached hydrogens (primary N) is 2. The molecular formula is C25H31N7O2. The van der Waals surface area contributed by atoms with Crippen molar-refractivity contribution >= 4 is 39.3 Å². The number of fused-ring (bicyclic) bond motifs is 3. The highest BCUT2D eigenvalue weighted by molar-refractivity contribution is 6.06. The van der Waals surface area contributed by atoms with Crippen LogP contribution in [0.1, 0.15) is 48.8 Å². The van der Waals surface area contributed by atoms with Gasteiger partial charge in [-0.25, -0.2) is 9.97 Å². The first-order valence-corrected chi connectivity index (χ1v) is 11.7. The molecule has 0 bridgehead atoms. The van der Waals surface area contributed by atoms with Gasteiger partial charge in [0.1, 0.15) is 23.5 Å². The third-order valence-electron chi connectivity index (χ3n) is 5.69. The van der Waals surface area contributed by atoms with Gasteiger partial charge in [-0.15, -0.1) is 0 Å². The van der Waals surface area contributed by atoms with Crippen LogP contribution in [0.25, 0.3) is 21.9 Å². The zero-order valence-corrected chi connectivity index (χ0v) is 19.4. The molecule has 0 aliphatic heterocycles. The maximum Gasteiger partial charge on any atom is 0.251 e. The van der Waals surface area contributed by atoms with Crippen molar-refractivity contribution in [2.24, 2.45) is 5.84 Å². The molecule has 0 saturated carbocycles. The van der Waals surface area contributed by atoms with Crippen molar-refractivity contribution < 1.29 is 9.63 Å². The second kappa shape index (κ2) is 10.8. The molecule has 4 rings (SSSR count). The summed E-state index contributed by atoms with van der Waals surface area (Å²) < 4.78 is 1.83. The topological polar surface area (TPSA) is 133 Å². The van der Waals surface area contributed by atoms with Gasteiger partial charge in [-0.3, -0.25) is 10.6 Å². The van der Waals surface area contributed by atoms with Gasteiger partial charge in [0.15, 0.2) is 5.82 Å². The lowest BCUT2D eigenvalue weighted by Gasteiger charge is -2.12. The smallest absolute Gasteiger partial charge is 0.251 e. The number of aromatic nitrogens is 3. The van der Waals surface area contributed by atoms with E-state index in [1.807, 2.05) is 29.0 Å². The van der Waals surface area contributed by atoms with Crippen LogP contribution >= 0.6 is 0 Å². The molecule has 6 N–H and O–H groups in total. The van der Waals surface area contributed by atoms with E-state index in [4.69, 9.17) is 21.4 Å². The van der Waals surface area contributed by atoms with Crippen LogP contribution in [0, 0.1) is 0 Å². The summed E-state index contributed by atoms with van der Waals surface area (Å²) in [7, 11) is 0. The quantitative estimate of drug-likeness (QED) is 0.153. The number of carbonyl (C=O) groups is 1. The van der Waals surface area contributed by atoms with Crippen LogP contribution in [0.15, 0.2) is 48.5 Å². The Kier molecular flexibility index (Phi) is 7.44. The Bertz CT molecular complexity index is 1270. The van der Waals surface area contributed by atoms with E-state index in [2.05, 4.69) is 22.7 Å². The summed E-state index contributed by atoms with van der Waals surface area (Å²) in [5, 5.41) is 3.90. The number of benzene rings is 2. The van der Waals surface area contributed by atoms with Crippen LogP contribution in [0.2, 0.25) is 0 Å². The predicted molar refractivity (Wildman–Crippen MR) is 135 cm³/mol. The molecule has 0 aliphatic rings. The number of anilines is 2. The van der Waals surface area contributed by atoms with E-state index >= 15 is 0 Å². The minimum Gasteiger partial charge on any atom is -0.412 e. The normalized spacial score (nSPS) is 11.1. The molecule has 178 valence electrons. The van der Waals surface area contributed by atoms with E-state index in [-0.39, 0.29) is 5.91 Å². The molecule has 1 amide bonds. The summed E-state index contributed by atoms with van der Waals surface area (Å²) in [5.41, 5.74) is 12.5. The largest absolute Gasteiger partial charge is 0.412 e. The minimum absolute atomic E-state index is 0.110. The second-order valence-electron chi connectivity index (χ2n) is 8.16. The molecule has 2 aromatic carbocycles. The van der Waals surface area contributed by atoms with Gasteiger partial charge in [-0.1, -0.05) is 31.5 Å². The Morgan fingerprint density at radius 3 is 2.62 bits per heavy atom. The van der Waals surface area contributed by atoms with Gasteiger partial charge in [0, 0.05) is 29.6 Å². The second-order valence-corrected chi connectivity index (χ2v) is 8.16. The molecule has 4 aromatic rings.